The van der Waals surface area contributed by atoms with Crippen LogP contribution in [-0.2, 0) is 31.1 Å². The fourth-order valence-electron chi connectivity index (χ4n) is 5.71. The molecule has 1 fully saturated rings. The molecule has 3 unspecified atom stereocenters. The van der Waals surface area contributed by atoms with Crippen molar-refractivity contribution in [1.82, 2.24) is 0 Å². The summed E-state index contributed by atoms with van der Waals surface area (Å²) in [5.74, 6) is 1.83. The first-order valence-electron chi connectivity index (χ1n) is 10.5. The summed E-state index contributed by atoms with van der Waals surface area (Å²) >= 11 is 0. The van der Waals surface area contributed by atoms with Crippen LogP contribution in [0, 0.1) is 18.8 Å². The molecule has 3 aromatic carbocycles. The van der Waals surface area contributed by atoms with E-state index >= 15 is 0 Å². The van der Waals surface area contributed by atoms with E-state index in [0.717, 1.165) is 25.2 Å². The minimum absolute atomic E-state index is 0.310. The maximum absolute atomic E-state index is 9.81. The van der Waals surface area contributed by atoms with E-state index in [4.69, 9.17) is 0 Å². The summed E-state index contributed by atoms with van der Waals surface area (Å²) in [5, 5.41) is 9.81. The van der Waals surface area contributed by atoms with Crippen molar-refractivity contribution in [2.24, 2.45) is 11.8 Å². The molecule has 3 atom stereocenters. The molecule has 28 heavy (non-hydrogen) atoms. The van der Waals surface area contributed by atoms with Crippen molar-refractivity contribution >= 4 is 0 Å². The molecule has 0 heterocycles. The molecule has 3 aromatic rings. The van der Waals surface area contributed by atoms with Crippen LogP contribution in [0.3, 0.4) is 0 Å². The lowest BCUT2D eigenvalue weighted by Crippen LogP contribution is -2.11. The molecule has 0 radical (unpaired) electrons. The van der Waals surface area contributed by atoms with E-state index in [9.17, 15) is 5.11 Å². The molecule has 5 rings (SSSR count). The van der Waals surface area contributed by atoms with Crippen molar-refractivity contribution in [2.75, 3.05) is 0 Å². The Hall–Kier alpha value is -2.54. The second-order valence-corrected chi connectivity index (χ2v) is 9.01. The highest BCUT2D eigenvalue weighted by Gasteiger charge is 2.65. The lowest BCUT2D eigenvalue weighted by Gasteiger charge is -2.19. The number of hydrogen-bond acceptors (Lipinski definition) is 1. The number of aromatic hydroxyl groups is 1. The first-order valence-corrected chi connectivity index (χ1v) is 10.5. The quantitative estimate of drug-likeness (QED) is 0.604. The van der Waals surface area contributed by atoms with Crippen molar-refractivity contribution in [2.45, 2.75) is 44.9 Å². The molecule has 1 nitrogen and oxygen atoms in total. The first-order chi connectivity index (χ1) is 13.6. The number of benzene rings is 3. The monoisotopic (exact) mass is 368 g/mol. The van der Waals surface area contributed by atoms with Crippen molar-refractivity contribution < 1.29 is 5.11 Å². The van der Waals surface area contributed by atoms with E-state index in [1.165, 1.54) is 23.1 Å². The Balaban J connectivity index is 1.38. The highest BCUT2D eigenvalue weighted by molar-refractivity contribution is 5.53. The molecule has 0 spiro atoms. The molecule has 142 valence electrons. The fraction of sp³-hybridized carbons (Fsp3) is 0.333. The van der Waals surface area contributed by atoms with Crippen LogP contribution in [0.25, 0.3) is 0 Å². The van der Waals surface area contributed by atoms with Gasteiger partial charge in [0.25, 0.3) is 0 Å². The van der Waals surface area contributed by atoms with Gasteiger partial charge in [0.1, 0.15) is 5.75 Å². The summed E-state index contributed by atoms with van der Waals surface area (Å²) in [7, 11) is 0. The number of phenolic OH excluding ortho intramolecular Hbond substituents is 1. The van der Waals surface area contributed by atoms with Gasteiger partial charge in [-0.05, 0) is 89.8 Å². The Morgan fingerprint density at radius 2 is 1.71 bits per heavy atom. The Labute approximate surface area is 168 Å². The van der Waals surface area contributed by atoms with E-state index in [2.05, 4.69) is 62.4 Å². The molecule has 1 heteroatoms. The number of rotatable bonds is 5. The van der Waals surface area contributed by atoms with Gasteiger partial charge in [-0.25, -0.2) is 0 Å². The normalized spacial score (nSPS) is 24.6. The van der Waals surface area contributed by atoms with Gasteiger partial charge in [-0.3, -0.25) is 0 Å². The van der Waals surface area contributed by atoms with Crippen LogP contribution in [0.4, 0.5) is 0 Å². The minimum atomic E-state index is 0.310. The van der Waals surface area contributed by atoms with E-state index in [1.54, 1.807) is 22.8 Å². The predicted molar refractivity (Wildman–Crippen MR) is 115 cm³/mol. The number of hydrogen-bond donors (Lipinski definition) is 1. The van der Waals surface area contributed by atoms with E-state index in [1.807, 2.05) is 12.1 Å². The molecule has 2 aliphatic carbocycles. The number of fused-ring (bicyclic) bond motifs is 3. The Kier molecular flexibility index (Phi) is 4.08. The summed E-state index contributed by atoms with van der Waals surface area (Å²) in [6.45, 7) is 4.63. The minimum Gasteiger partial charge on any atom is -0.508 e. The van der Waals surface area contributed by atoms with Crippen molar-refractivity contribution in [3.8, 4) is 5.75 Å². The van der Waals surface area contributed by atoms with Crippen molar-refractivity contribution in [1.29, 1.82) is 0 Å². The van der Waals surface area contributed by atoms with Gasteiger partial charge in [0.05, 0.1) is 0 Å². The highest BCUT2D eigenvalue weighted by Crippen LogP contribution is 2.68. The van der Waals surface area contributed by atoms with Crippen LogP contribution in [-0.4, -0.2) is 5.11 Å². The zero-order valence-corrected chi connectivity index (χ0v) is 16.8. The Morgan fingerprint density at radius 1 is 0.929 bits per heavy atom. The molecule has 0 aliphatic heterocycles. The summed E-state index contributed by atoms with van der Waals surface area (Å²) in [4.78, 5) is 0. The van der Waals surface area contributed by atoms with Crippen LogP contribution < -0.4 is 0 Å². The molecule has 0 bridgehead atoms. The van der Waals surface area contributed by atoms with Crippen LogP contribution in [0.5, 0.6) is 5.75 Å². The summed E-state index contributed by atoms with van der Waals surface area (Å²) in [6.07, 6.45) is 4.51. The third kappa shape index (κ3) is 2.85. The average Bonchev–Trinajstić information content (AvgIpc) is 3.09. The zero-order valence-electron chi connectivity index (χ0n) is 16.8. The van der Waals surface area contributed by atoms with Gasteiger partial charge in [0, 0.05) is 0 Å². The lowest BCUT2D eigenvalue weighted by atomic mass is 9.85. The van der Waals surface area contributed by atoms with Gasteiger partial charge in [-0.1, -0.05) is 67.1 Å². The molecular formula is C27H28O. The van der Waals surface area contributed by atoms with Crippen LogP contribution in [0.1, 0.15) is 40.3 Å². The van der Waals surface area contributed by atoms with E-state index < -0.39 is 0 Å². The molecule has 1 N–H and O–H groups in total. The summed E-state index contributed by atoms with van der Waals surface area (Å²) in [5.41, 5.74) is 9.08. The first kappa shape index (κ1) is 17.6. The standard InChI is InChI=1S/C27H28O/c1-18-9-11-19(12-10-18)13-14-21-6-4-7-22-17-25-24(27(25,2)26(21)22)16-20-5-3-8-23(28)15-20/h3-12,15,24-25,28H,13-14,16-17H2,1-2H3. The molecule has 1 saturated carbocycles. The average molecular weight is 369 g/mol. The highest BCUT2D eigenvalue weighted by atomic mass is 16.3. The molecule has 0 saturated heterocycles. The third-order valence-electron chi connectivity index (χ3n) is 7.30. The fourth-order valence-corrected chi connectivity index (χ4v) is 5.71. The lowest BCUT2D eigenvalue weighted by molar-refractivity contribution is 0.474. The summed E-state index contributed by atoms with van der Waals surface area (Å²) < 4.78 is 0. The van der Waals surface area contributed by atoms with Gasteiger partial charge < -0.3 is 5.11 Å². The second kappa shape index (κ2) is 6.51. The molecular weight excluding hydrogens is 340 g/mol. The SMILES string of the molecule is Cc1ccc(CCc2cccc3c2C2(C)C(Cc4cccc(O)c4)C2C3)cc1. The predicted octanol–water partition coefficient (Wildman–Crippen LogP) is 5.79. The van der Waals surface area contributed by atoms with Gasteiger partial charge in [-0.15, -0.1) is 0 Å². The third-order valence-corrected chi connectivity index (χ3v) is 7.30. The second-order valence-electron chi connectivity index (χ2n) is 9.01. The molecule has 0 amide bonds. The van der Waals surface area contributed by atoms with Gasteiger partial charge in [-0.2, -0.15) is 0 Å². The van der Waals surface area contributed by atoms with Crippen LogP contribution >= 0.6 is 0 Å². The van der Waals surface area contributed by atoms with E-state index in [-0.39, 0.29) is 0 Å². The van der Waals surface area contributed by atoms with Gasteiger partial charge >= 0.3 is 0 Å². The largest absolute Gasteiger partial charge is 0.508 e. The Morgan fingerprint density at radius 3 is 2.50 bits per heavy atom. The molecule has 0 aromatic heterocycles. The summed E-state index contributed by atoms with van der Waals surface area (Å²) in [6, 6.07) is 23.7. The smallest absolute Gasteiger partial charge is 0.115 e. The molecule has 2 aliphatic rings. The van der Waals surface area contributed by atoms with Crippen molar-refractivity contribution in [3.63, 3.8) is 0 Å². The number of phenols is 1. The van der Waals surface area contributed by atoms with Gasteiger partial charge in [0.2, 0.25) is 0 Å². The van der Waals surface area contributed by atoms with E-state index in [0.29, 0.717) is 17.1 Å². The van der Waals surface area contributed by atoms with Crippen LogP contribution in [0.15, 0.2) is 66.7 Å². The maximum Gasteiger partial charge on any atom is 0.115 e. The van der Waals surface area contributed by atoms with Gasteiger partial charge in [0.15, 0.2) is 0 Å². The topological polar surface area (TPSA) is 20.2 Å². The Bertz CT molecular complexity index is 1020. The van der Waals surface area contributed by atoms with Crippen molar-refractivity contribution in [3.05, 3.63) is 100 Å². The van der Waals surface area contributed by atoms with Crippen LogP contribution in [0.2, 0.25) is 0 Å². The maximum atomic E-state index is 9.81. The zero-order chi connectivity index (χ0) is 19.3. The number of aryl methyl sites for hydroxylation is 3.